The van der Waals surface area contributed by atoms with Crippen molar-refractivity contribution in [2.24, 2.45) is 0 Å². The summed E-state index contributed by atoms with van der Waals surface area (Å²) in [5, 5.41) is 0.662. The van der Waals surface area contributed by atoms with Crippen LogP contribution < -0.4 is 0 Å². The number of Topliss-reactive ketones (excluding diaryl/α,β-unsaturated/α-hetero) is 1. The second-order valence-electron chi connectivity index (χ2n) is 2.61. The summed E-state index contributed by atoms with van der Waals surface area (Å²) in [5.74, 6) is 0.137. The minimum atomic E-state index is 0.137. The van der Waals surface area contributed by atoms with Gasteiger partial charge in [0.25, 0.3) is 0 Å². The standard InChI is InChI=1S/C9H8BrClO/c1-6(12)4-7-5-8(11)2-3-9(7)10/h2-3,5H,4H2,1H3. The molecule has 0 aliphatic heterocycles. The van der Waals surface area contributed by atoms with E-state index in [0.29, 0.717) is 11.4 Å². The highest BCUT2D eigenvalue weighted by atomic mass is 79.9. The number of rotatable bonds is 2. The molecule has 0 unspecified atom stereocenters. The average molecular weight is 248 g/mol. The molecule has 0 atom stereocenters. The molecule has 3 heteroatoms. The molecule has 0 amide bonds. The zero-order valence-corrected chi connectivity index (χ0v) is 8.95. The number of ketones is 1. The van der Waals surface area contributed by atoms with E-state index in [1.165, 1.54) is 0 Å². The Balaban J connectivity index is 2.97. The first-order valence-corrected chi connectivity index (χ1v) is 4.70. The van der Waals surface area contributed by atoms with Crippen LogP contribution in [0.3, 0.4) is 0 Å². The Kier molecular flexibility index (Phi) is 3.29. The number of hydrogen-bond acceptors (Lipinski definition) is 1. The third-order valence-corrected chi connectivity index (χ3v) is 2.46. The van der Waals surface area contributed by atoms with E-state index >= 15 is 0 Å². The molecular formula is C9H8BrClO. The summed E-state index contributed by atoms with van der Waals surface area (Å²) >= 11 is 9.12. The number of halogens is 2. The zero-order chi connectivity index (χ0) is 9.14. The highest BCUT2D eigenvalue weighted by molar-refractivity contribution is 9.10. The van der Waals surface area contributed by atoms with Gasteiger partial charge in [-0.2, -0.15) is 0 Å². The van der Waals surface area contributed by atoms with E-state index < -0.39 is 0 Å². The zero-order valence-electron chi connectivity index (χ0n) is 6.60. The predicted octanol–water partition coefficient (Wildman–Crippen LogP) is 3.23. The first-order chi connectivity index (χ1) is 5.59. The predicted molar refractivity (Wildman–Crippen MR) is 53.5 cm³/mol. The molecule has 0 fully saturated rings. The van der Waals surface area contributed by atoms with E-state index in [1.54, 1.807) is 19.1 Å². The maximum absolute atomic E-state index is 10.8. The Bertz CT molecular complexity index is 309. The summed E-state index contributed by atoms with van der Waals surface area (Å²) in [4.78, 5) is 10.8. The quantitative estimate of drug-likeness (QED) is 0.784. The van der Waals surface area contributed by atoms with Crippen molar-refractivity contribution < 1.29 is 4.79 Å². The first-order valence-electron chi connectivity index (χ1n) is 3.53. The Morgan fingerprint density at radius 3 is 2.83 bits per heavy atom. The molecule has 0 radical (unpaired) electrons. The number of carbonyl (C=O) groups is 1. The van der Waals surface area contributed by atoms with Gasteiger partial charge in [0.1, 0.15) is 5.78 Å². The molecule has 1 rings (SSSR count). The van der Waals surface area contributed by atoms with Gasteiger partial charge in [0.2, 0.25) is 0 Å². The monoisotopic (exact) mass is 246 g/mol. The van der Waals surface area contributed by atoms with Crippen molar-refractivity contribution in [3.05, 3.63) is 33.3 Å². The van der Waals surface area contributed by atoms with Crippen molar-refractivity contribution in [3.63, 3.8) is 0 Å². The van der Waals surface area contributed by atoms with E-state index in [1.807, 2.05) is 6.07 Å². The van der Waals surface area contributed by atoms with Gasteiger partial charge in [-0.3, -0.25) is 4.79 Å². The molecule has 0 bridgehead atoms. The summed E-state index contributed by atoms with van der Waals surface area (Å²) in [5.41, 5.74) is 0.940. The lowest BCUT2D eigenvalue weighted by atomic mass is 10.1. The second-order valence-corrected chi connectivity index (χ2v) is 3.91. The molecule has 0 aliphatic rings. The lowest BCUT2D eigenvalue weighted by molar-refractivity contribution is -0.116. The van der Waals surface area contributed by atoms with Gasteiger partial charge in [-0.05, 0) is 30.7 Å². The number of carbonyl (C=O) groups excluding carboxylic acids is 1. The molecule has 0 saturated heterocycles. The summed E-state index contributed by atoms with van der Waals surface area (Å²) in [7, 11) is 0. The van der Waals surface area contributed by atoms with E-state index in [9.17, 15) is 4.79 Å². The van der Waals surface area contributed by atoms with E-state index in [-0.39, 0.29) is 5.78 Å². The molecule has 1 aromatic rings. The van der Waals surface area contributed by atoms with Crippen LogP contribution in [0.1, 0.15) is 12.5 Å². The van der Waals surface area contributed by atoms with Gasteiger partial charge in [-0.1, -0.05) is 27.5 Å². The lowest BCUT2D eigenvalue weighted by Crippen LogP contribution is -1.96. The molecular weight excluding hydrogens is 239 g/mol. The SMILES string of the molecule is CC(=O)Cc1cc(Cl)ccc1Br. The van der Waals surface area contributed by atoms with Crippen LogP contribution in [-0.4, -0.2) is 5.78 Å². The van der Waals surface area contributed by atoms with Crippen LogP contribution in [0.15, 0.2) is 22.7 Å². The molecule has 0 aliphatic carbocycles. The highest BCUT2D eigenvalue weighted by Gasteiger charge is 2.02. The maximum atomic E-state index is 10.8. The van der Waals surface area contributed by atoms with Crippen LogP contribution in [0.4, 0.5) is 0 Å². The van der Waals surface area contributed by atoms with E-state index in [2.05, 4.69) is 15.9 Å². The lowest BCUT2D eigenvalue weighted by Gasteiger charge is -2.01. The summed E-state index contributed by atoms with van der Waals surface area (Å²) in [6.07, 6.45) is 0.432. The van der Waals surface area contributed by atoms with Crippen molar-refractivity contribution in [2.75, 3.05) is 0 Å². The van der Waals surface area contributed by atoms with Crippen LogP contribution in [0.2, 0.25) is 5.02 Å². The van der Waals surface area contributed by atoms with Gasteiger partial charge in [0.15, 0.2) is 0 Å². The summed E-state index contributed by atoms with van der Waals surface area (Å²) < 4.78 is 0.933. The van der Waals surface area contributed by atoms with Gasteiger partial charge in [0.05, 0.1) is 0 Å². The van der Waals surface area contributed by atoms with Gasteiger partial charge >= 0.3 is 0 Å². The molecule has 0 heterocycles. The molecule has 0 N–H and O–H groups in total. The van der Waals surface area contributed by atoms with Crippen molar-refractivity contribution in [2.45, 2.75) is 13.3 Å². The Labute approximate surface area is 84.9 Å². The van der Waals surface area contributed by atoms with Crippen molar-refractivity contribution >= 4 is 33.3 Å². The number of hydrogen-bond donors (Lipinski definition) is 0. The molecule has 12 heavy (non-hydrogen) atoms. The molecule has 0 aromatic heterocycles. The Hall–Kier alpha value is -0.340. The van der Waals surface area contributed by atoms with Crippen LogP contribution in [0.25, 0.3) is 0 Å². The van der Waals surface area contributed by atoms with Crippen LogP contribution in [-0.2, 0) is 11.2 Å². The third kappa shape index (κ3) is 2.61. The highest BCUT2D eigenvalue weighted by Crippen LogP contribution is 2.21. The van der Waals surface area contributed by atoms with Crippen molar-refractivity contribution in [1.29, 1.82) is 0 Å². The fourth-order valence-electron chi connectivity index (χ4n) is 0.947. The number of benzene rings is 1. The van der Waals surface area contributed by atoms with Gasteiger partial charge in [0, 0.05) is 15.9 Å². The Morgan fingerprint density at radius 1 is 1.58 bits per heavy atom. The minimum Gasteiger partial charge on any atom is -0.300 e. The third-order valence-electron chi connectivity index (χ3n) is 1.45. The molecule has 0 saturated carbocycles. The summed E-state index contributed by atoms with van der Waals surface area (Å²) in [6.45, 7) is 1.56. The molecule has 64 valence electrons. The topological polar surface area (TPSA) is 17.1 Å². The smallest absolute Gasteiger partial charge is 0.134 e. The van der Waals surface area contributed by atoms with Crippen LogP contribution >= 0.6 is 27.5 Å². The average Bonchev–Trinajstić information content (AvgIpc) is 1.96. The first kappa shape index (κ1) is 9.75. The molecule has 0 spiro atoms. The molecule has 1 nitrogen and oxygen atoms in total. The van der Waals surface area contributed by atoms with Crippen LogP contribution in [0, 0.1) is 0 Å². The molecule has 1 aromatic carbocycles. The van der Waals surface area contributed by atoms with Gasteiger partial charge in [-0.25, -0.2) is 0 Å². The van der Waals surface area contributed by atoms with Crippen LogP contribution in [0.5, 0.6) is 0 Å². The van der Waals surface area contributed by atoms with E-state index in [0.717, 1.165) is 10.0 Å². The maximum Gasteiger partial charge on any atom is 0.134 e. The van der Waals surface area contributed by atoms with Crippen molar-refractivity contribution in [1.82, 2.24) is 0 Å². The minimum absolute atomic E-state index is 0.137. The Morgan fingerprint density at radius 2 is 2.25 bits per heavy atom. The van der Waals surface area contributed by atoms with Gasteiger partial charge < -0.3 is 0 Å². The van der Waals surface area contributed by atoms with E-state index in [4.69, 9.17) is 11.6 Å². The normalized spacial score (nSPS) is 9.92. The van der Waals surface area contributed by atoms with Gasteiger partial charge in [-0.15, -0.1) is 0 Å². The largest absolute Gasteiger partial charge is 0.300 e. The second kappa shape index (κ2) is 4.06. The summed E-state index contributed by atoms with van der Waals surface area (Å²) in [6, 6.07) is 5.43. The van der Waals surface area contributed by atoms with Crippen molar-refractivity contribution in [3.8, 4) is 0 Å². The fraction of sp³-hybridized carbons (Fsp3) is 0.222. The fourth-order valence-corrected chi connectivity index (χ4v) is 1.53.